The molecule has 0 amide bonds. The zero-order valence-corrected chi connectivity index (χ0v) is 24.5. The Bertz CT molecular complexity index is 2400. The monoisotopic (exact) mass is 575 g/mol. The maximum Gasteiger partial charge on any atom is 0.154 e. The number of aliphatic imine (C=N–C) groups is 1. The van der Waals surface area contributed by atoms with Crippen LogP contribution in [0.25, 0.3) is 65.3 Å². The lowest BCUT2D eigenvalue weighted by Gasteiger charge is -2.14. The highest BCUT2D eigenvalue weighted by Crippen LogP contribution is 2.37. The summed E-state index contributed by atoms with van der Waals surface area (Å²) in [7, 11) is 0. The Hall–Kier alpha value is -6.06. The molecule has 8 aromatic rings. The summed E-state index contributed by atoms with van der Waals surface area (Å²) in [6.07, 6.45) is 0. The van der Waals surface area contributed by atoms with Crippen LogP contribution in [0.2, 0.25) is 0 Å². The fourth-order valence-electron chi connectivity index (χ4n) is 6.46. The molecule has 0 aliphatic rings. The van der Waals surface area contributed by atoms with Gasteiger partial charge < -0.3 is 5.73 Å². The van der Waals surface area contributed by atoms with Crippen molar-refractivity contribution in [2.75, 3.05) is 0 Å². The van der Waals surface area contributed by atoms with Gasteiger partial charge in [0.25, 0.3) is 0 Å². The molecule has 212 valence electrons. The van der Waals surface area contributed by atoms with Crippen LogP contribution in [0.4, 0.5) is 0 Å². The van der Waals surface area contributed by atoms with Gasteiger partial charge in [-0.15, -0.1) is 0 Å². The highest BCUT2D eigenvalue weighted by Gasteiger charge is 2.14. The van der Waals surface area contributed by atoms with Crippen LogP contribution in [0, 0.1) is 5.41 Å². The van der Waals surface area contributed by atoms with Crippen molar-refractivity contribution >= 4 is 54.8 Å². The van der Waals surface area contributed by atoms with E-state index in [0.717, 1.165) is 38.6 Å². The lowest BCUT2D eigenvalue weighted by Crippen LogP contribution is -2.17. The third-order valence-electron chi connectivity index (χ3n) is 8.71. The number of hydrogen-bond acceptors (Lipinski definition) is 1. The summed E-state index contributed by atoms with van der Waals surface area (Å²) in [5.41, 5.74) is 12.5. The van der Waals surface area contributed by atoms with Crippen molar-refractivity contribution in [3.8, 4) is 22.3 Å². The van der Waals surface area contributed by atoms with Crippen molar-refractivity contribution in [2.45, 2.75) is 0 Å². The number of nitrogens with one attached hydrogen (secondary N) is 1. The van der Waals surface area contributed by atoms with Crippen molar-refractivity contribution < 1.29 is 0 Å². The predicted octanol–water partition coefficient (Wildman–Crippen LogP) is 10.4. The number of benzene rings is 8. The van der Waals surface area contributed by atoms with E-state index in [1.165, 1.54) is 37.9 Å². The summed E-state index contributed by atoms with van der Waals surface area (Å²) < 4.78 is 0. The largest absolute Gasteiger partial charge is 0.383 e. The Balaban J connectivity index is 1.23. The van der Waals surface area contributed by atoms with Crippen molar-refractivity contribution in [2.24, 2.45) is 10.7 Å². The van der Waals surface area contributed by atoms with E-state index in [-0.39, 0.29) is 5.84 Å². The summed E-state index contributed by atoms with van der Waals surface area (Å²) in [6, 6.07) is 54.8. The molecule has 0 atom stereocenters. The molecule has 3 nitrogen and oxygen atoms in total. The van der Waals surface area contributed by atoms with Crippen LogP contribution >= 0.6 is 0 Å². The molecule has 0 spiro atoms. The lowest BCUT2D eigenvalue weighted by molar-refractivity contribution is 1.40. The number of nitrogens with two attached hydrogens (primary N) is 1. The molecule has 0 heterocycles. The first-order valence-electron chi connectivity index (χ1n) is 15.1. The van der Waals surface area contributed by atoms with E-state index in [4.69, 9.17) is 11.1 Å². The Kier molecular flexibility index (Phi) is 6.43. The maximum absolute atomic E-state index is 8.56. The number of amidine groups is 2. The first-order valence-corrected chi connectivity index (χ1v) is 15.1. The second kappa shape index (κ2) is 10.9. The van der Waals surface area contributed by atoms with E-state index < -0.39 is 0 Å². The van der Waals surface area contributed by atoms with Crippen LogP contribution in [-0.4, -0.2) is 11.7 Å². The zero-order chi connectivity index (χ0) is 30.3. The number of nitrogens with zero attached hydrogens (tertiary/aromatic N) is 1. The standard InChI is InChI=1S/C42H29N3/c43-41(29-10-2-1-3-11-29)45-42(44)40-26-31-13-5-4-12-30(31)24-38(40)28-20-18-27(19-21-28)32-22-23-37-35-16-7-6-14-33(35)34-15-8-9-17-36(34)39(37)25-32/h1-26H,(H3,43,44,45). The van der Waals surface area contributed by atoms with Gasteiger partial charge in [-0.2, -0.15) is 0 Å². The number of hydrogen-bond donors (Lipinski definition) is 2. The summed E-state index contributed by atoms with van der Waals surface area (Å²) in [5, 5.41) is 18.4. The minimum atomic E-state index is 0.138. The summed E-state index contributed by atoms with van der Waals surface area (Å²) in [4.78, 5) is 4.53. The average molecular weight is 576 g/mol. The molecule has 3 N–H and O–H groups in total. The smallest absolute Gasteiger partial charge is 0.154 e. The van der Waals surface area contributed by atoms with Crippen LogP contribution in [0.15, 0.2) is 163 Å². The predicted molar refractivity (Wildman–Crippen MR) is 191 cm³/mol. The van der Waals surface area contributed by atoms with E-state index in [9.17, 15) is 0 Å². The molecule has 0 aliphatic heterocycles. The van der Waals surface area contributed by atoms with Crippen LogP contribution in [0.1, 0.15) is 11.1 Å². The molecule has 0 aromatic heterocycles. The SMILES string of the molecule is N=C(/N=C(\N)c1cc2ccccc2cc1-c1ccc(-c2ccc3c4ccccc4c4ccccc4c3c2)cc1)c1ccccc1. The summed E-state index contributed by atoms with van der Waals surface area (Å²) in [5.74, 6) is 0.460. The fourth-order valence-corrected chi connectivity index (χ4v) is 6.46. The lowest BCUT2D eigenvalue weighted by atomic mass is 9.91. The van der Waals surface area contributed by atoms with Gasteiger partial charge in [0.2, 0.25) is 0 Å². The van der Waals surface area contributed by atoms with E-state index in [1.807, 2.05) is 42.5 Å². The molecule has 0 saturated carbocycles. The van der Waals surface area contributed by atoms with E-state index >= 15 is 0 Å². The van der Waals surface area contributed by atoms with Crippen LogP contribution in [-0.2, 0) is 0 Å². The van der Waals surface area contributed by atoms with E-state index in [0.29, 0.717) is 5.84 Å². The van der Waals surface area contributed by atoms with Crippen molar-refractivity contribution in [1.82, 2.24) is 0 Å². The van der Waals surface area contributed by atoms with Crippen LogP contribution in [0.3, 0.4) is 0 Å². The quantitative estimate of drug-likeness (QED) is 0.122. The topological polar surface area (TPSA) is 62.2 Å². The molecule has 0 bridgehead atoms. The van der Waals surface area contributed by atoms with Gasteiger partial charge in [0.15, 0.2) is 5.84 Å². The Morgan fingerprint density at radius 2 is 0.933 bits per heavy atom. The van der Waals surface area contributed by atoms with E-state index in [2.05, 4.69) is 120 Å². The van der Waals surface area contributed by atoms with Crippen molar-refractivity contribution in [1.29, 1.82) is 5.41 Å². The highest BCUT2D eigenvalue weighted by atomic mass is 14.9. The maximum atomic E-state index is 8.56. The first kappa shape index (κ1) is 26.6. The zero-order valence-electron chi connectivity index (χ0n) is 24.5. The molecular weight excluding hydrogens is 546 g/mol. The molecule has 8 rings (SSSR count). The molecule has 45 heavy (non-hydrogen) atoms. The van der Waals surface area contributed by atoms with Crippen molar-refractivity contribution in [3.05, 3.63) is 169 Å². The third-order valence-corrected chi connectivity index (χ3v) is 8.71. The minimum absolute atomic E-state index is 0.138. The van der Waals surface area contributed by atoms with Gasteiger partial charge in [-0.25, -0.2) is 4.99 Å². The Labute approximate surface area is 261 Å². The van der Waals surface area contributed by atoms with Gasteiger partial charge in [0.1, 0.15) is 5.84 Å². The van der Waals surface area contributed by atoms with Gasteiger partial charge in [0, 0.05) is 11.1 Å². The van der Waals surface area contributed by atoms with E-state index in [1.54, 1.807) is 0 Å². The molecule has 8 aromatic carbocycles. The third kappa shape index (κ3) is 4.72. The van der Waals surface area contributed by atoms with Crippen molar-refractivity contribution in [3.63, 3.8) is 0 Å². The molecule has 0 saturated heterocycles. The average Bonchev–Trinajstić information content (AvgIpc) is 3.11. The normalized spacial score (nSPS) is 11.9. The number of fused-ring (bicyclic) bond motifs is 7. The highest BCUT2D eigenvalue weighted by molar-refractivity contribution is 6.25. The number of rotatable bonds is 4. The van der Waals surface area contributed by atoms with Gasteiger partial charge in [0.05, 0.1) is 0 Å². The van der Waals surface area contributed by atoms with Gasteiger partial charge in [-0.05, 0) is 83.5 Å². The molecule has 0 fully saturated rings. The molecular formula is C42H29N3. The summed E-state index contributed by atoms with van der Waals surface area (Å²) >= 11 is 0. The first-order chi connectivity index (χ1) is 22.1. The minimum Gasteiger partial charge on any atom is -0.383 e. The van der Waals surface area contributed by atoms with Gasteiger partial charge in [-0.3, -0.25) is 5.41 Å². The fraction of sp³-hybridized carbons (Fsp3) is 0. The van der Waals surface area contributed by atoms with Gasteiger partial charge in [-0.1, -0.05) is 140 Å². The molecule has 3 heteroatoms. The second-order valence-electron chi connectivity index (χ2n) is 11.4. The van der Waals surface area contributed by atoms with Crippen LogP contribution in [0.5, 0.6) is 0 Å². The molecule has 0 radical (unpaired) electrons. The summed E-state index contributed by atoms with van der Waals surface area (Å²) in [6.45, 7) is 0. The van der Waals surface area contributed by atoms with Gasteiger partial charge >= 0.3 is 0 Å². The molecule has 0 unspecified atom stereocenters. The Morgan fingerprint density at radius 3 is 1.58 bits per heavy atom. The molecule has 0 aliphatic carbocycles. The Morgan fingerprint density at radius 1 is 0.444 bits per heavy atom. The van der Waals surface area contributed by atoms with Crippen LogP contribution < -0.4 is 5.73 Å². The second-order valence-corrected chi connectivity index (χ2v) is 11.4.